The summed E-state index contributed by atoms with van der Waals surface area (Å²) in [6.45, 7) is 3.61. The van der Waals surface area contributed by atoms with E-state index in [0.717, 1.165) is 22.6 Å². The van der Waals surface area contributed by atoms with Gasteiger partial charge in [-0.3, -0.25) is 4.79 Å². The van der Waals surface area contributed by atoms with Gasteiger partial charge in [-0.2, -0.15) is 0 Å². The standard InChI is InChI=1S/C21H15B4N5O/c1-9-17(22)19(24)16(20(25)18(9)23)21(31)29-15-6-13-11(7-27-15)4-5-12(28-13)14-8-26-10(2)30(14)3/h4-8H,1-3H3,(H,27,29,31). The highest BCUT2D eigenvalue weighted by Gasteiger charge is 2.17. The second-order valence-electron chi connectivity index (χ2n) is 7.32. The van der Waals surface area contributed by atoms with Crippen molar-refractivity contribution >= 4 is 75.9 Å². The summed E-state index contributed by atoms with van der Waals surface area (Å²) in [5.41, 5.74) is 3.46. The first-order valence-electron chi connectivity index (χ1n) is 9.48. The Kier molecular flexibility index (Phi) is 5.25. The molecule has 0 fully saturated rings. The minimum Gasteiger partial charge on any atom is -0.330 e. The van der Waals surface area contributed by atoms with Gasteiger partial charge in [0.05, 0.1) is 23.1 Å². The van der Waals surface area contributed by atoms with E-state index in [2.05, 4.69) is 15.3 Å². The van der Waals surface area contributed by atoms with Crippen LogP contribution in [0.25, 0.3) is 22.3 Å². The van der Waals surface area contributed by atoms with Gasteiger partial charge in [0.2, 0.25) is 0 Å². The number of aryl methyl sites for hydroxylation is 1. The SMILES string of the molecule is [B]c1c([B])c(C(=O)Nc2cc3nc(-c4cnc(C)n4C)ccc3cn2)c([B])c([B])c1C. The van der Waals surface area contributed by atoms with E-state index in [4.69, 9.17) is 36.4 Å². The van der Waals surface area contributed by atoms with Crippen LogP contribution in [0, 0.1) is 13.8 Å². The van der Waals surface area contributed by atoms with Crippen molar-refractivity contribution in [3.05, 3.63) is 47.5 Å². The van der Waals surface area contributed by atoms with Crippen molar-refractivity contribution in [2.45, 2.75) is 13.8 Å². The van der Waals surface area contributed by atoms with Crippen molar-refractivity contribution in [2.75, 3.05) is 5.32 Å². The predicted molar refractivity (Wildman–Crippen MR) is 127 cm³/mol. The smallest absolute Gasteiger partial charge is 0.255 e. The van der Waals surface area contributed by atoms with Crippen LogP contribution >= 0.6 is 0 Å². The number of benzene rings is 1. The van der Waals surface area contributed by atoms with Crippen LogP contribution < -0.4 is 27.2 Å². The zero-order valence-corrected chi connectivity index (χ0v) is 17.4. The van der Waals surface area contributed by atoms with E-state index in [1.165, 1.54) is 0 Å². The highest BCUT2D eigenvalue weighted by molar-refractivity contribution is 6.60. The lowest BCUT2D eigenvalue weighted by molar-refractivity contribution is 0.102. The van der Waals surface area contributed by atoms with E-state index in [9.17, 15) is 4.79 Å². The maximum Gasteiger partial charge on any atom is 0.255 e. The van der Waals surface area contributed by atoms with Gasteiger partial charge < -0.3 is 9.88 Å². The second kappa shape index (κ2) is 7.76. The summed E-state index contributed by atoms with van der Waals surface area (Å²) in [5.74, 6) is 0.616. The number of fused-ring (bicyclic) bond motifs is 1. The quantitative estimate of drug-likeness (QED) is 0.455. The van der Waals surface area contributed by atoms with Crippen molar-refractivity contribution < 1.29 is 4.79 Å². The molecule has 10 heteroatoms. The highest BCUT2D eigenvalue weighted by atomic mass is 16.1. The molecule has 0 aliphatic carbocycles. The van der Waals surface area contributed by atoms with Crippen molar-refractivity contribution in [2.24, 2.45) is 7.05 Å². The molecule has 3 heterocycles. The van der Waals surface area contributed by atoms with Crippen molar-refractivity contribution in [1.29, 1.82) is 0 Å². The summed E-state index contributed by atoms with van der Waals surface area (Å²) in [7, 11) is 25.9. The van der Waals surface area contributed by atoms with E-state index < -0.39 is 5.91 Å². The molecule has 4 rings (SSSR count). The fourth-order valence-electron chi connectivity index (χ4n) is 3.35. The molecule has 0 saturated heterocycles. The molecule has 3 aromatic heterocycles. The molecule has 1 amide bonds. The fourth-order valence-corrected chi connectivity index (χ4v) is 3.35. The van der Waals surface area contributed by atoms with Crippen LogP contribution in [-0.4, -0.2) is 56.8 Å². The number of amides is 1. The number of anilines is 1. The van der Waals surface area contributed by atoms with Gasteiger partial charge in [-0.1, -0.05) is 16.5 Å². The van der Waals surface area contributed by atoms with E-state index in [1.807, 2.05) is 30.7 Å². The van der Waals surface area contributed by atoms with Crippen LogP contribution in [0.15, 0.2) is 30.6 Å². The molecule has 0 unspecified atom stereocenters. The highest BCUT2D eigenvalue weighted by Crippen LogP contribution is 2.22. The monoisotopic (exact) mass is 397 g/mol. The van der Waals surface area contributed by atoms with Crippen LogP contribution in [0.5, 0.6) is 0 Å². The Morgan fingerprint density at radius 1 is 0.968 bits per heavy atom. The van der Waals surface area contributed by atoms with Gasteiger partial charge >= 0.3 is 0 Å². The van der Waals surface area contributed by atoms with Crippen LogP contribution in [0.3, 0.4) is 0 Å². The molecule has 4 aromatic rings. The number of imidazole rings is 1. The molecule has 142 valence electrons. The number of hydrogen-bond acceptors (Lipinski definition) is 4. The fraction of sp³-hybridized carbons (Fsp3) is 0.143. The molecule has 0 aliphatic rings. The maximum atomic E-state index is 12.9. The third-order valence-corrected chi connectivity index (χ3v) is 5.45. The Labute approximate surface area is 185 Å². The van der Waals surface area contributed by atoms with Gasteiger partial charge in [-0.25, -0.2) is 15.0 Å². The Bertz CT molecular complexity index is 1340. The zero-order valence-electron chi connectivity index (χ0n) is 17.4. The lowest BCUT2D eigenvalue weighted by Crippen LogP contribution is -2.49. The summed E-state index contributed by atoms with van der Waals surface area (Å²) in [6, 6.07) is 5.49. The van der Waals surface area contributed by atoms with Crippen LogP contribution in [0.1, 0.15) is 21.7 Å². The molecule has 31 heavy (non-hydrogen) atoms. The summed E-state index contributed by atoms with van der Waals surface area (Å²) >= 11 is 0. The third kappa shape index (κ3) is 3.56. The first kappa shape index (κ1) is 21.0. The molecule has 8 radical (unpaired) electrons. The molecule has 0 aliphatic heterocycles. The number of aromatic nitrogens is 4. The molecular formula is C21H15B4N5O. The number of rotatable bonds is 3. The maximum absolute atomic E-state index is 12.9. The Balaban J connectivity index is 1.71. The zero-order chi connectivity index (χ0) is 22.4. The number of nitrogens with one attached hydrogen (secondary N) is 1. The van der Waals surface area contributed by atoms with E-state index in [-0.39, 0.29) is 27.4 Å². The van der Waals surface area contributed by atoms with Crippen LogP contribution in [-0.2, 0) is 7.05 Å². The van der Waals surface area contributed by atoms with Crippen LogP contribution in [0.4, 0.5) is 5.82 Å². The van der Waals surface area contributed by atoms with Gasteiger partial charge in [-0.05, 0) is 26.0 Å². The predicted octanol–water partition coefficient (Wildman–Crippen LogP) is -0.925. The van der Waals surface area contributed by atoms with Crippen molar-refractivity contribution in [1.82, 2.24) is 19.5 Å². The lowest BCUT2D eigenvalue weighted by Gasteiger charge is -2.19. The summed E-state index contributed by atoms with van der Waals surface area (Å²) < 4.78 is 1.95. The van der Waals surface area contributed by atoms with Gasteiger partial charge in [0.15, 0.2) is 0 Å². The van der Waals surface area contributed by atoms with Crippen molar-refractivity contribution in [3.63, 3.8) is 0 Å². The largest absolute Gasteiger partial charge is 0.330 e. The molecule has 0 saturated carbocycles. The third-order valence-electron chi connectivity index (χ3n) is 5.45. The minimum absolute atomic E-state index is 0.0227. The van der Waals surface area contributed by atoms with Gasteiger partial charge in [0.25, 0.3) is 5.91 Å². The van der Waals surface area contributed by atoms with Crippen molar-refractivity contribution in [3.8, 4) is 11.4 Å². The van der Waals surface area contributed by atoms with Gasteiger partial charge in [0, 0.05) is 30.3 Å². The minimum atomic E-state index is -0.557. The number of carbonyl (C=O) groups excluding carboxylic acids is 1. The average Bonchev–Trinajstić information content (AvgIpc) is 3.09. The summed E-state index contributed by atoms with van der Waals surface area (Å²) in [5, 5.41) is 3.52. The van der Waals surface area contributed by atoms with E-state index in [1.54, 1.807) is 25.4 Å². The second-order valence-corrected chi connectivity index (χ2v) is 7.32. The first-order valence-corrected chi connectivity index (χ1v) is 9.48. The normalized spacial score (nSPS) is 11.1. The molecular weight excluding hydrogens is 382 g/mol. The Morgan fingerprint density at radius 2 is 1.65 bits per heavy atom. The summed E-state index contributed by atoms with van der Waals surface area (Å²) in [6.07, 6.45) is 3.39. The number of nitrogens with zero attached hydrogens (tertiary/aromatic N) is 4. The molecule has 1 N–H and O–H groups in total. The lowest BCUT2D eigenvalue weighted by atomic mass is 9.64. The van der Waals surface area contributed by atoms with E-state index in [0.29, 0.717) is 16.9 Å². The number of carbonyl (C=O) groups is 1. The number of pyridine rings is 2. The van der Waals surface area contributed by atoms with Gasteiger partial charge in [-0.15, -0.1) is 10.9 Å². The first-order chi connectivity index (χ1) is 14.7. The Morgan fingerprint density at radius 3 is 2.26 bits per heavy atom. The Hall–Kier alpha value is -3.28. The molecule has 0 spiro atoms. The summed E-state index contributed by atoms with van der Waals surface area (Å²) in [4.78, 5) is 26.2. The topological polar surface area (TPSA) is 72.7 Å². The van der Waals surface area contributed by atoms with Gasteiger partial charge in [0.1, 0.15) is 43.0 Å². The average molecular weight is 397 g/mol. The molecule has 1 aromatic carbocycles. The van der Waals surface area contributed by atoms with E-state index >= 15 is 0 Å². The van der Waals surface area contributed by atoms with Crippen LogP contribution in [0.2, 0.25) is 0 Å². The molecule has 0 bridgehead atoms. The number of hydrogen-bond donors (Lipinski definition) is 1. The molecule has 0 atom stereocenters. The molecule has 6 nitrogen and oxygen atoms in total.